The number of hydrogen-bond donors (Lipinski definition) is 2. The molecule has 2 aromatic heterocycles. The Hall–Kier alpha value is -2.84. The number of rotatable bonds is 5. The van der Waals surface area contributed by atoms with Gasteiger partial charge in [-0.1, -0.05) is 11.6 Å². The number of halogens is 1. The van der Waals surface area contributed by atoms with Crippen LogP contribution in [0.15, 0.2) is 42.0 Å². The van der Waals surface area contributed by atoms with Crippen LogP contribution in [0.1, 0.15) is 33.7 Å². The molecule has 27 heavy (non-hydrogen) atoms. The van der Waals surface area contributed by atoms with Gasteiger partial charge in [-0.25, -0.2) is 15.0 Å². The Kier molecular flexibility index (Phi) is 4.83. The van der Waals surface area contributed by atoms with Crippen LogP contribution in [-0.2, 0) is 0 Å². The predicted molar refractivity (Wildman–Crippen MR) is 103 cm³/mol. The fraction of sp³-hybridized carbons (Fsp3) is 0.167. The molecular weight excluding hydrogens is 386 g/mol. The SMILES string of the molecule is O=C(Nc1ccc(Cl)c(C(=O)NC2CC2)c1)c1csc(-c2ncccn2)n1. The van der Waals surface area contributed by atoms with Crippen molar-refractivity contribution in [1.82, 2.24) is 20.3 Å². The van der Waals surface area contributed by atoms with Crippen LogP contribution in [0.3, 0.4) is 0 Å². The van der Waals surface area contributed by atoms with Gasteiger partial charge >= 0.3 is 0 Å². The molecule has 0 aliphatic heterocycles. The lowest BCUT2D eigenvalue weighted by Crippen LogP contribution is -2.25. The third kappa shape index (κ3) is 4.12. The molecule has 1 saturated carbocycles. The molecule has 2 amide bonds. The van der Waals surface area contributed by atoms with Gasteiger partial charge in [-0.15, -0.1) is 11.3 Å². The molecule has 1 fully saturated rings. The Morgan fingerprint density at radius 2 is 1.93 bits per heavy atom. The number of nitrogens with one attached hydrogen (secondary N) is 2. The fourth-order valence-corrected chi connectivity index (χ4v) is 3.30. The molecule has 1 aliphatic rings. The number of carbonyl (C=O) groups excluding carboxylic acids is 2. The summed E-state index contributed by atoms with van der Waals surface area (Å²) in [6.45, 7) is 0. The first kappa shape index (κ1) is 17.6. The third-order valence-electron chi connectivity index (χ3n) is 3.88. The predicted octanol–water partition coefficient (Wildman–Crippen LogP) is 3.40. The Balaban J connectivity index is 1.49. The number of aromatic nitrogens is 3. The Bertz CT molecular complexity index is 1000. The van der Waals surface area contributed by atoms with Crippen molar-refractivity contribution in [2.45, 2.75) is 18.9 Å². The molecule has 2 heterocycles. The molecule has 1 aromatic carbocycles. The molecule has 9 heteroatoms. The quantitative estimate of drug-likeness (QED) is 0.685. The van der Waals surface area contributed by atoms with Gasteiger partial charge in [0.25, 0.3) is 11.8 Å². The molecule has 7 nitrogen and oxygen atoms in total. The van der Waals surface area contributed by atoms with Gasteiger partial charge in [0.15, 0.2) is 10.8 Å². The molecule has 0 spiro atoms. The van der Waals surface area contributed by atoms with Gasteiger partial charge in [0.2, 0.25) is 0 Å². The van der Waals surface area contributed by atoms with E-state index in [-0.39, 0.29) is 23.6 Å². The molecular formula is C18H14ClN5O2S. The number of nitrogens with zero attached hydrogens (tertiary/aromatic N) is 3. The molecule has 1 aliphatic carbocycles. The molecule has 2 N–H and O–H groups in total. The fourth-order valence-electron chi connectivity index (χ4n) is 2.35. The van der Waals surface area contributed by atoms with Crippen LogP contribution in [0.25, 0.3) is 10.8 Å². The second kappa shape index (κ2) is 7.42. The molecule has 136 valence electrons. The number of thiazole rings is 1. The van der Waals surface area contributed by atoms with E-state index in [1.54, 1.807) is 42.0 Å². The topological polar surface area (TPSA) is 96.9 Å². The zero-order valence-corrected chi connectivity index (χ0v) is 15.5. The second-order valence-corrected chi connectivity index (χ2v) is 7.27. The highest BCUT2D eigenvalue weighted by Crippen LogP contribution is 2.25. The van der Waals surface area contributed by atoms with Crippen LogP contribution in [0.2, 0.25) is 5.02 Å². The second-order valence-electron chi connectivity index (χ2n) is 6.01. The monoisotopic (exact) mass is 399 g/mol. The summed E-state index contributed by atoms with van der Waals surface area (Å²) in [6, 6.07) is 6.72. The number of carbonyl (C=O) groups is 2. The summed E-state index contributed by atoms with van der Waals surface area (Å²) < 4.78 is 0. The van der Waals surface area contributed by atoms with E-state index < -0.39 is 0 Å². The van der Waals surface area contributed by atoms with E-state index in [4.69, 9.17) is 11.6 Å². The van der Waals surface area contributed by atoms with Crippen molar-refractivity contribution in [3.05, 3.63) is 58.3 Å². The highest BCUT2D eigenvalue weighted by molar-refractivity contribution is 7.13. The van der Waals surface area contributed by atoms with E-state index in [9.17, 15) is 9.59 Å². The lowest BCUT2D eigenvalue weighted by Gasteiger charge is -2.09. The van der Waals surface area contributed by atoms with E-state index >= 15 is 0 Å². The van der Waals surface area contributed by atoms with Gasteiger partial charge in [-0.05, 0) is 37.1 Å². The lowest BCUT2D eigenvalue weighted by atomic mass is 10.2. The smallest absolute Gasteiger partial charge is 0.275 e. The highest BCUT2D eigenvalue weighted by Gasteiger charge is 2.25. The summed E-state index contributed by atoms with van der Waals surface area (Å²) in [5, 5.41) is 8.15. The average molecular weight is 400 g/mol. The molecule has 4 rings (SSSR count). The summed E-state index contributed by atoms with van der Waals surface area (Å²) in [5.41, 5.74) is 1.05. The van der Waals surface area contributed by atoms with Crippen molar-refractivity contribution < 1.29 is 9.59 Å². The zero-order valence-electron chi connectivity index (χ0n) is 14.0. The molecule has 0 saturated heterocycles. The van der Waals surface area contributed by atoms with Crippen LogP contribution in [0.5, 0.6) is 0 Å². The van der Waals surface area contributed by atoms with Crippen LogP contribution >= 0.6 is 22.9 Å². The van der Waals surface area contributed by atoms with E-state index in [1.807, 2.05) is 0 Å². The minimum Gasteiger partial charge on any atom is -0.349 e. The van der Waals surface area contributed by atoms with Crippen LogP contribution in [-0.4, -0.2) is 32.8 Å². The Labute approximate surface area is 163 Å². The minimum atomic E-state index is -0.385. The number of anilines is 1. The van der Waals surface area contributed by atoms with Crippen LogP contribution in [0, 0.1) is 0 Å². The van der Waals surface area contributed by atoms with E-state index in [1.165, 1.54) is 11.3 Å². The van der Waals surface area contributed by atoms with Gasteiger partial charge in [0.1, 0.15) is 5.69 Å². The Morgan fingerprint density at radius 1 is 1.15 bits per heavy atom. The van der Waals surface area contributed by atoms with Gasteiger partial charge in [-0.3, -0.25) is 9.59 Å². The first-order valence-electron chi connectivity index (χ1n) is 8.25. The normalized spacial score (nSPS) is 13.2. The van der Waals surface area contributed by atoms with Crippen molar-refractivity contribution in [3.8, 4) is 10.8 Å². The summed E-state index contributed by atoms with van der Waals surface area (Å²) in [4.78, 5) is 37.2. The summed E-state index contributed by atoms with van der Waals surface area (Å²) >= 11 is 7.41. The van der Waals surface area contributed by atoms with Crippen molar-refractivity contribution in [1.29, 1.82) is 0 Å². The Morgan fingerprint density at radius 3 is 2.67 bits per heavy atom. The number of hydrogen-bond acceptors (Lipinski definition) is 6. The molecule has 3 aromatic rings. The molecule has 0 unspecified atom stereocenters. The molecule has 0 atom stereocenters. The van der Waals surface area contributed by atoms with Crippen LogP contribution in [0.4, 0.5) is 5.69 Å². The van der Waals surface area contributed by atoms with Crippen molar-refractivity contribution >= 4 is 40.4 Å². The third-order valence-corrected chi connectivity index (χ3v) is 5.04. The average Bonchev–Trinajstić information content (AvgIpc) is 3.35. The number of benzene rings is 1. The standard InChI is InChI=1S/C18H14ClN5O2S/c19-13-5-4-11(8-12(13)16(25)22-10-2-3-10)23-17(26)14-9-27-18(24-14)15-20-6-1-7-21-15/h1,4-10H,2-3H2,(H,22,25)(H,23,26). The summed E-state index contributed by atoms with van der Waals surface area (Å²) in [7, 11) is 0. The van der Waals surface area contributed by atoms with Crippen LogP contribution < -0.4 is 10.6 Å². The lowest BCUT2D eigenvalue weighted by molar-refractivity contribution is 0.0949. The van der Waals surface area contributed by atoms with Crippen molar-refractivity contribution in [2.24, 2.45) is 0 Å². The first-order valence-corrected chi connectivity index (χ1v) is 9.50. The maximum atomic E-state index is 12.5. The van der Waals surface area contributed by atoms with Gasteiger partial charge in [0, 0.05) is 29.5 Å². The van der Waals surface area contributed by atoms with Crippen molar-refractivity contribution in [2.75, 3.05) is 5.32 Å². The maximum Gasteiger partial charge on any atom is 0.275 e. The van der Waals surface area contributed by atoms with Gasteiger partial charge in [-0.2, -0.15) is 0 Å². The number of amides is 2. The van der Waals surface area contributed by atoms with E-state index in [2.05, 4.69) is 25.6 Å². The minimum absolute atomic E-state index is 0.223. The summed E-state index contributed by atoms with van der Waals surface area (Å²) in [6.07, 6.45) is 5.20. The largest absolute Gasteiger partial charge is 0.349 e. The van der Waals surface area contributed by atoms with Gasteiger partial charge < -0.3 is 10.6 Å². The molecule has 0 radical (unpaired) electrons. The van der Waals surface area contributed by atoms with E-state index in [0.717, 1.165) is 12.8 Å². The van der Waals surface area contributed by atoms with Gasteiger partial charge in [0.05, 0.1) is 10.6 Å². The first-order chi connectivity index (χ1) is 13.1. The van der Waals surface area contributed by atoms with Crippen molar-refractivity contribution in [3.63, 3.8) is 0 Å². The highest BCUT2D eigenvalue weighted by atomic mass is 35.5. The summed E-state index contributed by atoms with van der Waals surface area (Å²) in [5.74, 6) is -0.160. The maximum absolute atomic E-state index is 12.5. The molecule has 0 bridgehead atoms. The van der Waals surface area contributed by atoms with E-state index in [0.29, 0.717) is 27.1 Å². The zero-order chi connectivity index (χ0) is 18.8.